The molecule has 0 bridgehead atoms. The summed E-state index contributed by atoms with van der Waals surface area (Å²) in [5.41, 5.74) is 0.678. The van der Waals surface area contributed by atoms with Gasteiger partial charge in [-0.2, -0.15) is 0 Å². The third-order valence-electron chi connectivity index (χ3n) is 4.06. The van der Waals surface area contributed by atoms with Gasteiger partial charge in [0.1, 0.15) is 5.82 Å². The Morgan fingerprint density at radius 1 is 1.57 bits per heavy atom. The summed E-state index contributed by atoms with van der Waals surface area (Å²) in [5, 5.41) is 12.4. The molecule has 0 aromatic heterocycles. The third kappa shape index (κ3) is 3.66. The highest BCUT2D eigenvalue weighted by molar-refractivity contribution is 6.31. The van der Waals surface area contributed by atoms with Gasteiger partial charge in [-0.25, -0.2) is 9.18 Å². The van der Waals surface area contributed by atoms with Crippen LogP contribution < -0.4 is 5.32 Å². The molecule has 0 radical (unpaired) electrons. The highest BCUT2D eigenvalue weighted by atomic mass is 35.5. The van der Waals surface area contributed by atoms with Crippen molar-refractivity contribution in [2.45, 2.75) is 19.9 Å². The van der Waals surface area contributed by atoms with E-state index in [0.29, 0.717) is 23.7 Å². The molecule has 1 fully saturated rings. The molecule has 1 heterocycles. The summed E-state index contributed by atoms with van der Waals surface area (Å²) in [7, 11) is 0. The number of likely N-dealkylation sites (tertiary alicyclic amines) is 1. The van der Waals surface area contributed by atoms with Crippen molar-refractivity contribution >= 4 is 17.6 Å². The Balaban J connectivity index is 1.99. The number of carbonyl (C=O) groups is 1. The second-order valence-electron chi connectivity index (χ2n) is 5.66. The molecule has 1 aliphatic rings. The molecule has 0 spiro atoms. The standard InChI is InChI=1S/C15H20ClFN2O2/c1-9-6-19(7-11(9)8-20)15(21)18-10(2)13-4-3-12(17)5-14(13)16/h3-5,9-11,20H,6-8H2,1-2H3,(H,18,21)/t9-,10-,11+/m1/s1. The number of hydrogen-bond donors (Lipinski definition) is 2. The number of nitrogens with zero attached hydrogens (tertiary/aromatic N) is 1. The Kier molecular flexibility index (Phi) is 5.06. The van der Waals surface area contributed by atoms with Gasteiger partial charge < -0.3 is 15.3 Å². The smallest absolute Gasteiger partial charge is 0.317 e. The molecule has 1 aromatic carbocycles. The Morgan fingerprint density at radius 2 is 2.29 bits per heavy atom. The molecular weight excluding hydrogens is 295 g/mol. The SMILES string of the molecule is C[C@@H]1CN(C(=O)N[C@H](C)c2ccc(F)cc2Cl)C[C@H]1CO. The zero-order chi connectivity index (χ0) is 15.6. The number of carbonyl (C=O) groups excluding carboxylic acids is 1. The quantitative estimate of drug-likeness (QED) is 0.901. The van der Waals surface area contributed by atoms with Gasteiger partial charge in [0, 0.05) is 30.6 Å². The van der Waals surface area contributed by atoms with Crippen LogP contribution in [-0.4, -0.2) is 35.7 Å². The van der Waals surface area contributed by atoms with Crippen molar-refractivity contribution in [2.24, 2.45) is 11.8 Å². The fourth-order valence-corrected chi connectivity index (χ4v) is 2.98. The van der Waals surface area contributed by atoms with E-state index >= 15 is 0 Å². The van der Waals surface area contributed by atoms with Crippen molar-refractivity contribution in [3.63, 3.8) is 0 Å². The van der Waals surface area contributed by atoms with Gasteiger partial charge in [-0.15, -0.1) is 0 Å². The summed E-state index contributed by atoms with van der Waals surface area (Å²) in [6.45, 7) is 5.09. The average molecular weight is 315 g/mol. The molecule has 2 N–H and O–H groups in total. The van der Waals surface area contributed by atoms with E-state index in [4.69, 9.17) is 11.6 Å². The summed E-state index contributed by atoms with van der Waals surface area (Å²) in [6.07, 6.45) is 0. The van der Waals surface area contributed by atoms with Gasteiger partial charge >= 0.3 is 6.03 Å². The number of halogens is 2. The second kappa shape index (κ2) is 6.62. The van der Waals surface area contributed by atoms with Gasteiger partial charge in [0.2, 0.25) is 0 Å². The van der Waals surface area contributed by atoms with Crippen LogP contribution in [0.15, 0.2) is 18.2 Å². The van der Waals surface area contributed by atoms with E-state index in [1.54, 1.807) is 17.9 Å². The van der Waals surface area contributed by atoms with Crippen molar-refractivity contribution in [3.8, 4) is 0 Å². The van der Waals surface area contributed by atoms with E-state index in [9.17, 15) is 14.3 Å². The normalized spacial score (nSPS) is 23.2. The van der Waals surface area contributed by atoms with Crippen molar-refractivity contribution in [3.05, 3.63) is 34.6 Å². The first-order chi connectivity index (χ1) is 9.92. The zero-order valence-corrected chi connectivity index (χ0v) is 12.9. The molecule has 0 aliphatic carbocycles. The number of benzene rings is 1. The summed E-state index contributed by atoms with van der Waals surface area (Å²) in [5.74, 6) is 0.00682. The van der Waals surface area contributed by atoms with E-state index in [0.717, 1.165) is 0 Å². The Bertz CT molecular complexity index is 526. The van der Waals surface area contributed by atoms with Crippen molar-refractivity contribution in [1.29, 1.82) is 0 Å². The monoisotopic (exact) mass is 314 g/mol. The third-order valence-corrected chi connectivity index (χ3v) is 4.39. The Morgan fingerprint density at radius 3 is 2.86 bits per heavy atom. The van der Waals surface area contributed by atoms with Crippen LogP contribution in [0.25, 0.3) is 0 Å². The van der Waals surface area contributed by atoms with Crippen LogP contribution in [0.1, 0.15) is 25.5 Å². The maximum atomic E-state index is 13.0. The molecule has 2 amide bonds. The number of urea groups is 1. The van der Waals surface area contributed by atoms with Gasteiger partial charge in [0.15, 0.2) is 0 Å². The fourth-order valence-electron chi connectivity index (χ4n) is 2.64. The number of amides is 2. The predicted octanol–water partition coefficient (Wildman–Crippen LogP) is 2.81. The molecule has 3 atom stereocenters. The van der Waals surface area contributed by atoms with E-state index in [1.165, 1.54) is 12.1 Å². The van der Waals surface area contributed by atoms with E-state index in [1.807, 2.05) is 6.92 Å². The zero-order valence-electron chi connectivity index (χ0n) is 12.1. The number of aliphatic hydroxyl groups is 1. The van der Waals surface area contributed by atoms with Crippen LogP contribution >= 0.6 is 11.6 Å². The van der Waals surface area contributed by atoms with Crippen LogP contribution in [0.3, 0.4) is 0 Å². The van der Waals surface area contributed by atoms with E-state index in [-0.39, 0.29) is 30.5 Å². The lowest BCUT2D eigenvalue weighted by atomic mass is 10.00. The molecule has 6 heteroatoms. The van der Waals surface area contributed by atoms with Gasteiger partial charge in [-0.3, -0.25) is 0 Å². The Labute approximate surface area is 128 Å². The minimum absolute atomic E-state index is 0.0876. The lowest BCUT2D eigenvalue weighted by Gasteiger charge is -2.22. The Hall–Kier alpha value is -1.33. The highest BCUT2D eigenvalue weighted by Crippen LogP contribution is 2.25. The van der Waals surface area contributed by atoms with Crippen LogP contribution in [0, 0.1) is 17.7 Å². The summed E-state index contributed by atoms with van der Waals surface area (Å²) in [6, 6.07) is 3.63. The van der Waals surface area contributed by atoms with Crippen LogP contribution in [0.5, 0.6) is 0 Å². The lowest BCUT2D eigenvalue weighted by molar-refractivity contribution is 0.193. The molecule has 21 heavy (non-hydrogen) atoms. The second-order valence-corrected chi connectivity index (χ2v) is 6.07. The molecular formula is C15H20ClFN2O2. The van der Waals surface area contributed by atoms with Crippen molar-refractivity contribution < 1.29 is 14.3 Å². The average Bonchev–Trinajstić information content (AvgIpc) is 2.79. The highest BCUT2D eigenvalue weighted by Gasteiger charge is 2.32. The minimum Gasteiger partial charge on any atom is -0.396 e. The lowest BCUT2D eigenvalue weighted by Crippen LogP contribution is -2.40. The maximum Gasteiger partial charge on any atom is 0.317 e. The maximum absolute atomic E-state index is 13.0. The van der Waals surface area contributed by atoms with Gasteiger partial charge in [-0.05, 0) is 30.5 Å². The van der Waals surface area contributed by atoms with Crippen LogP contribution in [0.4, 0.5) is 9.18 Å². The van der Waals surface area contributed by atoms with Crippen LogP contribution in [-0.2, 0) is 0 Å². The summed E-state index contributed by atoms with van der Waals surface area (Å²) >= 11 is 6.00. The molecule has 1 saturated heterocycles. The molecule has 0 unspecified atom stereocenters. The van der Waals surface area contributed by atoms with Gasteiger partial charge in [0.05, 0.1) is 6.04 Å². The van der Waals surface area contributed by atoms with Crippen molar-refractivity contribution in [1.82, 2.24) is 10.2 Å². The molecule has 116 valence electrons. The first-order valence-corrected chi connectivity index (χ1v) is 7.41. The molecule has 4 nitrogen and oxygen atoms in total. The molecule has 1 aromatic rings. The molecule has 2 rings (SSSR count). The topological polar surface area (TPSA) is 52.6 Å². The van der Waals surface area contributed by atoms with E-state index in [2.05, 4.69) is 5.32 Å². The molecule has 1 aliphatic heterocycles. The van der Waals surface area contributed by atoms with Crippen LogP contribution in [0.2, 0.25) is 5.02 Å². The number of rotatable bonds is 3. The van der Waals surface area contributed by atoms with Gasteiger partial charge in [0.25, 0.3) is 0 Å². The first-order valence-electron chi connectivity index (χ1n) is 7.03. The van der Waals surface area contributed by atoms with Gasteiger partial charge in [-0.1, -0.05) is 24.6 Å². The number of aliphatic hydroxyl groups excluding tert-OH is 1. The van der Waals surface area contributed by atoms with Crippen molar-refractivity contribution in [2.75, 3.05) is 19.7 Å². The van der Waals surface area contributed by atoms with E-state index < -0.39 is 5.82 Å². The number of nitrogens with one attached hydrogen (secondary N) is 1. The largest absolute Gasteiger partial charge is 0.396 e. The summed E-state index contributed by atoms with van der Waals surface area (Å²) in [4.78, 5) is 13.9. The predicted molar refractivity (Wildman–Crippen MR) is 79.7 cm³/mol. The molecule has 0 saturated carbocycles. The summed E-state index contributed by atoms with van der Waals surface area (Å²) < 4.78 is 13.0. The fraction of sp³-hybridized carbons (Fsp3) is 0.533. The number of hydrogen-bond acceptors (Lipinski definition) is 2. The minimum atomic E-state index is -0.401. The first kappa shape index (κ1) is 16.0.